The van der Waals surface area contributed by atoms with Gasteiger partial charge in [-0.05, 0) is 25.0 Å². The van der Waals surface area contributed by atoms with Gasteiger partial charge in [0.05, 0.1) is 11.2 Å². The minimum atomic E-state index is 0.479. The fourth-order valence-electron chi connectivity index (χ4n) is 1.91. The molecule has 80 valence electrons. The maximum atomic E-state index is 6.02. The third-order valence-electron chi connectivity index (χ3n) is 3.17. The van der Waals surface area contributed by atoms with Gasteiger partial charge >= 0.3 is 0 Å². The predicted molar refractivity (Wildman–Crippen MR) is 65.9 cm³/mol. The number of fused-ring (bicyclic) bond motifs is 1. The molecule has 0 bridgehead atoms. The first kappa shape index (κ1) is 10.1. The van der Waals surface area contributed by atoms with Crippen molar-refractivity contribution in [2.75, 3.05) is 5.73 Å². The van der Waals surface area contributed by atoms with E-state index in [1.54, 1.807) is 0 Å². The van der Waals surface area contributed by atoms with E-state index in [1.807, 2.05) is 12.1 Å². The van der Waals surface area contributed by atoms with Crippen molar-refractivity contribution in [2.24, 2.45) is 5.92 Å². The zero-order valence-corrected chi connectivity index (χ0v) is 9.57. The topological polar surface area (TPSA) is 30.9 Å². The molecule has 1 atom stereocenters. The quantitative estimate of drug-likeness (QED) is 0.743. The van der Waals surface area contributed by atoms with E-state index in [1.165, 1.54) is 10.9 Å². The lowest BCUT2D eigenvalue weighted by Gasteiger charge is -2.19. The molecule has 1 unspecified atom stereocenters. The molecular formula is C13H18N2. The normalized spacial score (nSPS) is 13.6. The second-order valence-electron chi connectivity index (χ2n) is 4.49. The second kappa shape index (κ2) is 3.61. The molecule has 0 saturated carbocycles. The molecule has 0 amide bonds. The second-order valence-corrected chi connectivity index (χ2v) is 4.49. The summed E-state index contributed by atoms with van der Waals surface area (Å²) in [5.41, 5.74) is 8.05. The molecule has 0 aliphatic carbocycles. The molecule has 2 aromatic rings. The highest BCUT2D eigenvalue weighted by Crippen LogP contribution is 2.28. The van der Waals surface area contributed by atoms with Crippen molar-refractivity contribution in [3.63, 3.8) is 0 Å². The van der Waals surface area contributed by atoms with Gasteiger partial charge in [-0.25, -0.2) is 0 Å². The Hall–Kier alpha value is -1.44. The highest BCUT2D eigenvalue weighted by Gasteiger charge is 2.12. The van der Waals surface area contributed by atoms with Crippen molar-refractivity contribution in [2.45, 2.75) is 26.8 Å². The summed E-state index contributed by atoms with van der Waals surface area (Å²) >= 11 is 0. The van der Waals surface area contributed by atoms with E-state index in [0.717, 1.165) is 5.69 Å². The van der Waals surface area contributed by atoms with Gasteiger partial charge in [0, 0.05) is 17.6 Å². The van der Waals surface area contributed by atoms with Gasteiger partial charge in [-0.15, -0.1) is 0 Å². The number of hydrogen-bond donors (Lipinski definition) is 1. The summed E-state index contributed by atoms with van der Waals surface area (Å²) < 4.78 is 2.27. The average Bonchev–Trinajstić information content (AvgIpc) is 2.61. The molecule has 0 radical (unpaired) electrons. The Morgan fingerprint density at radius 2 is 1.87 bits per heavy atom. The molecule has 1 aromatic heterocycles. The molecule has 0 aliphatic rings. The average molecular weight is 202 g/mol. The van der Waals surface area contributed by atoms with Gasteiger partial charge in [-0.1, -0.05) is 26.0 Å². The van der Waals surface area contributed by atoms with E-state index in [2.05, 4.69) is 43.7 Å². The minimum Gasteiger partial charge on any atom is -0.397 e. The number of rotatable bonds is 2. The molecule has 0 fully saturated rings. The summed E-state index contributed by atoms with van der Waals surface area (Å²) in [5, 5.41) is 1.22. The maximum absolute atomic E-state index is 6.02. The van der Waals surface area contributed by atoms with Crippen LogP contribution in [0.4, 0.5) is 5.69 Å². The zero-order chi connectivity index (χ0) is 11.0. The van der Waals surface area contributed by atoms with Crippen LogP contribution in [0, 0.1) is 5.92 Å². The summed E-state index contributed by atoms with van der Waals surface area (Å²) in [5.74, 6) is 0.611. The molecule has 1 aromatic carbocycles. The van der Waals surface area contributed by atoms with Crippen LogP contribution in [0.15, 0.2) is 30.5 Å². The van der Waals surface area contributed by atoms with Gasteiger partial charge in [-0.3, -0.25) is 0 Å². The van der Waals surface area contributed by atoms with E-state index < -0.39 is 0 Å². The highest BCUT2D eigenvalue weighted by atomic mass is 15.0. The summed E-state index contributed by atoms with van der Waals surface area (Å²) in [6.45, 7) is 6.70. The van der Waals surface area contributed by atoms with Gasteiger partial charge < -0.3 is 10.3 Å². The number of aromatic nitrogens is 1. The Morgan fingerprint density at radius 3 is 2.53 bits per heavy atom. The van der Waals surface area contributed by atoms with Crippen molar-refractivity contribution in [1.82, 2.24) is 4.57 Å². The lowest BCUT2D eigenvalue weighted by molar-refractivity contribution is 0.419. The van der Waals surface area contributed by atoms with Gasteiger partial charge in [0.2, 0.25) is 0 Å². The first-order chi connectivity index (χ1) is 7.11. The summed E-state index contributed by atoms with van der Waals surface area (Å²) in [6, 6.07) is 8.68. The zero-order valence-electron chi connectivity index (χ0n) is 9.57. The molecule has 2 rings (SSSR count). The Balaban J connectivity index is 2.62. The van der Waals surface area contributed by atoms with Crippen LogP contribution in [0.25, 0.3) is 10.9 Å². The van der Waals surface area contributed by atoms with Crippen LogP contribution in [0.1, 0.15) is 26.8 Å². The maximum Gasteiger partial charge on any atom is 0.0716 e. The Bertz CT molecular complexity index is 468. The van der Waals surface area contributed by atoms with Crippen molar-refractivity contribution in [1.29, 1.82) is 0 Å². The monoisotopic (exact) mass is 202 g/mol. The van der Waals surface area contributed by atoms with Crippen LogP contribution in [0.3, 0.4) is 0 Å². The van der Waals surface area contributed by atoms with Crippen molar-refractivity contribution >= 4 is 16.6 Å². The van der Waals surface area contributed by atoms with Gasteiger partial charge in [-0.2, -0.15) is 0 Å². The first-order valence-corrected chi connectivity index (χ1v) is 5.46. The highest BCUT2D eigenvalue weighted by molar-refractivity contribution is 5.90. The Kier molecular flexibility index (Phi) is 2.43. The Labute approximate surface area is 90.7 Å². The molecule has 2 nitrogen and oxygen atoms in total. The van der Waals surface area contributed by atoms with Gasteiger partial charge in [0.15, 0.2) is 0 Å². The van der Waals surface area contributed by atoms with E-state index in [0.29, 0.717) is 12.0 Å². The third kappa shape index (κ3) is 1.60. The van der Waals surface area contributed by atoms with Crippen molar-refractivity contribution in [3.05, 3.63) is 30.5 Å². The fraction of sp³-hybridized carbons (Fsp3) is 0.385. The number of hydrogen-bond acceptors (Lipinski definition) is 1. The van der Waals surface area contributed by atoms with E-state index in [9.17, 15) is 0 Å². The largest absolute Gasteiger partial charge is 0.397 e. The SMILES string of the molecule is CC(C)C(C)n1ccc2cccc(N)c21. The number of nitrogens with two attached hydrogens (primary N) is 1. The summed E-state index contributed by atoms with van der Waals surface area (Å²) in [4.78, 5) is 0. The lowest BCUT2D eigenvalue weighted by atomic mass is 10.1. The molecule has 1 heterocycles. The standard InChI is InChI=1S/C13H18N2/c1-9(2)10(3)15-8-7-11-5-4-6-12(14)13(11)15/h4-10H,14H2,1-3H3. The van der Waals surface area contributed by atoms with Gasteiger partial charge in [0.1, 0.15) is 0 Å². The van der Waals surface area contributed by atoms with E-state index in [-0.39, 0.29) is 0 Å². The van der Waals surface area contributed by atoms with Crippen LogP contribution in [-0.2, 0) is 0 Å². The minimum absolute atomic E-state index is 0.479. The van der Waals surface area contributed by atoms with Crippen molar-refractivity contribution in [3.8, 4) is 0 Å². The number of benzene rings is 1. The number of anilines is 1. The molecular weight excluding hydrogens is 184 g/mol. The van der Waals surface area contributed by atoms with Crippen molar-refractivity contribution < 1.29 is 0 Å². The fourth-order valence-corrected chi connectivity index (χ4v) is 1.91. The lowest BCUT2D eigenvalue weighted by Crippen LogP contribution is -2.10. The van der Waals surface area contributed by atoms with E-state index in [4.69, 9.17) is 5.73 Å². The van der Waals surface area contributed by atoms with Crippen LogP contribution >= 0.6 is 0 Å². The van der Waals surface area contributed by atoms with Gasteiger partial charge in [0.25, 0.3) is 0 Å². The third-order valence-corrected chi connectivity index (χ3v) is 3.17. The summed E-state index contributed by atoms with van der Waals surface area (Å²) in [7, 11) is 0. The molecule has 2 N–H and O–H groups in total. The van der Waals surface area contributed by atoms with E-state index >= 15 is 0 Å². The number of para-hydroxylation sites is 1. The van der Waals surface area contributed by atoms with Crippen LogP contribution in [0.5, 0.6) is 0 Å². The molecule has 15 heavy (non-hydrogen) atoms. The summed E-state index contributed by atoms with van der Waals surface area (Å²) in [6.07, 6.45) is 2.13. The smallest absolute Gasteiger partial charge is 0.0716 e. The molecule has 0 aliphatic heterocycles. The van der Waals surface area contributed by atoms with Crippen LogP contribution < -0.4 is 5.73 Å². The number of nitrogens with zero attached hydrogens (tertiary/aromatic N) is 1. The molecule has 0 spiro atoms. The van der Waals surface area contributed by atoms with Crippen LogP contribution in [0.2, 0.25) is 0 Å². The molecule has 0 saturated heterocycles. The molecule has 2 heteroatoms. The predicted octanol–water partition coefficient (Wildman–Crippen LogP) is 3.44. The first-order valence-electron chi connectivity index (χ1n) is 5.46. The Morgan fingerprint density at radius 1 is 1.13 bits per heavy atom. The van der Waals surface area contributed by atoms with Crippen LogP contribution in [-0.4, -0.2) is 4.57 Å². The number of nitrogen functional groups attached to an aromatic ring is 1.